The van der Waals surface area contributed by atoms with E-state index in [4.69, 9.17) is 0 Å². The first-order chi connectivity index (χ1) is 11.1. The average Bonchev–Trinajstić information content (AvgIpc) is 2.96. The molecule has 0 spiro atoms. The van der Waals surface area contributed by atoms with Crippen molar-refractivity contribution < 1.29 is 9.59 Å². The number of benzene rings is 2. The number of fused-ring (bicyclic) bond motifs is 1. The quantitative estimate of drug-likeness (QED) is 0.692. The van der Waals surface area contributed by atoms with Gasteiger partial charge in [0.05, 0.1) is 5.52 Å². The van der Waals surface area contributed by atoms with Gasteiger partial charge in [-0.1, -0.05) is 30.3 Å². The second-order valence-corrected chi connectivity index (χ2v) is 5.18. The van der Waals surface area contributed by atoms with Gasteiger partial charge in [-0.3, -0.25) is 14.7 Å². The van der Waals surface area contributed by atoms with E-state index in [1.165, 1.54) is 6.92 Å². The summed E-state index contributed by atoms with van der Waals surface area (Å²) in [6.07, 6.45) is 0. The third kappa shape index (κ3) is 3.37. The summed E-state index contributed by atoms with van der Waals surface area (Å²) in [5.74, 6) is -0.374. The molecule has 0 saturated heterocycles. The summed E-state index contributed by atoms with van der Waals surface area (Å²) in [5.41, 5.74) is 2.79. The van der Waals surface area contributed by atoms with E-state index < -0.39 is 0 Å². The van der Waals surface area contributed by atoms with Gasteiger partial charge >= 0.3 is 0 Å². The van der Waals surface area contributed by atoms with Gasteiger partial charge in [-0.2, -0.15) is 5.10 Å². The number of H-pyrrole nitrogens is 1. The Morgan fingerprint density at radius 3 is 2.78 bits per heavy atom. The Balaban J connectivity index is 1.70. The predicted octanol–water partition coefficient (Wildman–Crippen LogP) is 2.45. The van der Waals surface area contributed by atoms with E-state index in [1.807, 2.05) is 42.5 Å². The number of carbonyl (C=O) groups is 2. The zero-order valence-corrected chi connectivity index (χ0v) is 12.6. The van der Waals surface area contributed by atoms with Crippen LogP contribution in [0.2, 0.25) is 0 Å². The highest BCUT2D eigenvalue weighted by Crippen LogP contribution is 2.15. The highest BCUT2D eigenvalue weighted by Gasteiger charge is 2.13. The molecule has 1 heterocycles. The number of aromatic nitrogens is 2. The Kier molecular flexibility index (Phi) is 4.05. The van der Waals surface area contributed by atoms with Crippen molar-refractivity contribution in [3.63, 3.8) is 0 Å². The molecule has 2 amide bonds. The van der Waals surface area contributed by atoms with Crippen molar-refractivity contribution in [1.29, 1.82) is 0 Å². The van der Waals surface area contributed by atoms with Crippen molar-refractivity contribution in [1.82, 2.24) is 15.5 Å². The lowest BCUT2D eigenvalue weighted by molar-refractivity contribution is -0.114. The SMILES string of the molecule is CC(=O)Nc1cccc(CNC(=O)c2n[nH]c3ccccc23)c1. The summed E-state index contributed by atoms with van der Waals surface area (Å²) in [4.78, 5) is 23.4. The summed E-state index contributed by atoms with van der Waals surface area (Å²) in [5, 5.41) is 13.3. The number of aromatic amines is 1. The van der Waals surface area contributed by atoms with E-state index >= 15 is 0 Å². The molecule has 0 bridgehead atoms. The number of hydrogen-bond donors (Lipinski definition) is 3. The van der Waals surface area contributed by atoms with Gasteiger partial charge < -0.3 is 10.6 Å². The van der Waals surface area contributed by atoms with Crippen molar-refractivity contribution in [3.05, 3.63) is 59.8 Å². The van der Waals surface area contributed by atoms with E-state index in [1.54, 1.807) is 6.07 Å². The number of nitrogens with zero attached hydrogens (tertiary/aromatic N) is 1. The van der Waals surface area contributed by atoms with Gasteiger partial charge in [-0.25, -0.2) is 0 Å². The Morgan fingerprint density at radius 1 is 1.13 bits per heavy atom. The fourth-order valence-corrected chi connectivity index (χ4v) is 2.36. The number of carbonyl (C=O) groups excluding carboxylic acids is 2. The molecule has 0 aliphatic rings. The number of rotatable bonds is 4. The zero-order valence-electron chi connectivity index (χ0n) is 12.6. The maximum absolute atomic E-state index is 12.3. The van der Waals surface area contributed by atoms with E-state index in [9.17, 15) is 9.59 Å². The largest absolute Gasteiger partial charge is 0.347 e. The standard InChI is InChI=1S/C17H16N4O2/c1-11(22)19-13-6-4-5-12(9-13)10-18-17(23)16-14-7-2-3-8-15(14)20-21-16/h2-9H,10H2,1H3,(H,18,23)(H,19,22)(H,20,21). The van der Waals surface area contributed by atoms with E-state index in [0.29, 0.717) is 17.9 Å². The van der Waals surface area contributed by atoms with Gasteiger partial charge in [0, 0.05) is 24.5 Å². The van der Waals surface area contributed by atoms with Crippen LogP contribution in [0.1, 0.15) is 23.0 Å². The van der Waals surface area contributed by atoms with Crippen molar-refractivity contribution in [2.75, 3.05) is 5.32 Å². The molecule has 0 unspecified atom stereocenters. The summed E-state index contributed by atoms with van der Waals surface area (Å²) in [6.45, 7) is 1.81. The second kappa shape index (κ2) is 6.31. The van der Waals surface area contributed by atoms with Crippen LogP contribution in [0.3, 0.4) is 0 Å². The normalized spacial score (nSPS) is 10.5. The zero-order chi connectivity index (χ0) is 16.2. The summed E-state index contributed by atoms with van der Waals surface area (Å²) >= 11 is 0. The first-order valence-electron chi connectivity index (χ1n) is 7.21. The minimum atomic E-state index is -0.243. The van der Waals surface area contributed by atoms with Crippen LogP contribution in [-0.4, -0.2) is 22.0 Å². The predicted molar refractivity (Wildman–Crippen MR) is 88.0 cm³/mol. The van der Waals surface area contributed by atoms with Crippen LogP contribution in [0.15, 0.2) is 48.5 Å². The number of anilines is 1. The van der Waals surface area contributed by atoms with Crippen LogP contribution in [0.5, 0.6) is 0 Å². The van der Waals surface area contributed by atoms with Crippen LogP contribution in [0, 0.1) is 0 Å². The molecule has 3 aromatic rings. The summed E-state index contributed by atoms with van der Waals surface area (Å²) in [6, 6.07) is 14.8. The Morgan fingerprint density at radius 2 is 1.96 bits per heavy atom. The van der Waals surface area contributed by atoms with Crippen LogP contribution in [0.4, 0.5) is 5.69 Å². The van der Waals surface area contributed by atoms with Crippen LogP contribution >= 0.6 is 0 Å². The number of para-hydroxylation sites is 1. The fraction of sp³-hybridized carbons (Fsp3) is 0.118. The van der Waals surface area contributed by atoms with Gasteiger partial charge in [-0.15, -0.1) is 0 Å². The molecule has 23 heavy (non-hydrogen) atoms. The van der Waals surface area contributed by atoms with Gasteiger partial charge in [0.25, 0.3) is 5.91 Å². The molecule has 0 aliphatic heterocycles. The molecule has 6 heteroatoms. The molecule has 3 N–H and O–H groups in total. The van der Waals surface area contributed by atoms with Crippen molar-refractivity contribution in [2.45, 2.75) is 13.5 Å². The van der Waals surface area contributed by atoms with E-state index in [0.717, 1.165) is 16.5 Å². The third-order valence-electron chi connectivity index (χ3n) is 3.39. The fourth-order valence-electron chi connectivity index (χ4n) is 2.36. The number of amides is 2. The topological polar surface area (TPSA) is 86.9 Å². The molecule has 0 aliphatic carbocycles. The van der Waals surface area contributed by atoms with Gasteiger partial charge in [0.1, 0.15) is 0 Å². The number of hydrogen-bond acceptors (Lipinski definition) is 3. The molecule has 1 aromatic heterocycles. The summed E-state index contributed by atoms with van der Waals surface area (Å²) in [7, 11) is 0. The second-order valence-electron chi connectivity index (χ2n) is 5.18. The van der Waals surface area contributed by atoms with Crippen LogP contribution in [0.25, 0.3) is 10.9 Å². The highest BCUT2D eigenvalue weighted by molar-refractivity contribution is 6.04. The maximum Gasteiger partial charge on any atom is 0.272 e. The molecule has 0 atom stereocenters. The Labute approximate surface area is 132 Å². The summed E-state index contributed by atoms with van der Waals surface area (Å²) < 4.78 is 0. The molecule has 0 saturated carbocycles. The van der Waals surface area contributed by atoms with Gasteiger partial charge in [0.15, 0.2) is 5.69 Å². The van der Waals surface area contributed by atoms with Gasteiger partial charge in [0.2, 0.25) is 5.91 Å². The van der Waals surface area contributed by atoms with Crippen molar-refractivity contribution >= 4 is 28.4 Å². The average molecular weight is 308 g/mol. The molecule has 0 radical (unpaired) electrons. The minimum Gasteiger partial charge on any atom is -0.347 e. The molecule has 2 aromatic carbocycles. The minimum absolute atomic E-state index is 0.130. The van der Waals surface area contributed by atoms with E-state index in [2.05, 4.69) is 20.8 Å². The molecular weight excluding hydrogens is 292 g/mol. The maximum atomic E-state index is 12.3. The molecule has 3 rings (SSSR count). The molecule has 0 fully saturated rings. The lowest BCUT2D eigenvalue weighted by Gasteiger charge is -2.07. The van der Waals surface area contributed by atoms with E-state index in [-0.39, 0.29) is 11.8 Å². The first-order valence-corrected chi connectivity index (χ1v) is 7.21. The number of nitrogens with one attached hydrogen (secondary N) is 3. The lowest BCUT2D eigenvalue weighted by Crippen LogP contribution is -2.23. The molecule has 6 nitrogen and oxygen atoms in total. The monoisotopic (exact) mass is 308 g/mol. The lowest BCUT2D eigenvalue weighted by atomic mass is 10.2. The smallest absolute Gasteiger partial charge is 0.272 e. The highest BCUT2D eigenvalue weighted by atomic mass is 16.2. The van der Waals surface area contributed by atoms with Crippen LogP contribution < -0.4 is 10.6 Å². The molecular formula is C17H16N4O2. The van der Waals surface area contributed by atoms with Crippen molar-refractivity contribution in [3.8, 4) is 0 Å². The van der Waals surface area contributed by atoms with Crippen LogP contribution in [-0.2, 0) is 11.3 Å². The Bertz CT molecular complexity index is 870. The first kappa shape index (κ1) is 14.8. The van der Waals surface area contributed by atoms with Crippen molar-refractivity contribution in [2.24, 2.45) is 0 Å². The molecule has 116 valence electrons. The van der Waals surface area contributed by atoms with Gasteiger partial charge in [-0.05, 0) is 23.8 Å². The third-order valence-corrected chi connectivity index (χ3v) is 3.39. The Hall–Kier alpha value is -3.15.